The molecule has 6 heteroatoms. The Morgan fingerprint density at radius 1 is 0.929 bits per heavy atom. The number of aromatic nitrogens is 2. The first-order valence-electron chi connectivity index (χ1n) is 8.55. The summed E-state index contributed by atoms with van der Waals surface area (Å²) < 4.78 is 16.4. The molecule has 28 heavy (non-hydrogen) atoms. The van der Waals surface area contributed by atoms with E-state index in [0.29, 0.717) is 32.4 Å². The van der Waals surface area contributed by atoms with Crippen LogP contribution < -0.4 is 0 Å². The lowest BCUT2D eigenvalue weighted by Gasteiger charge is -2.18. The Hall–Kier alpha value is -2.66. The molecule has 1 atom stereocenters. The number of nitrogens with zero attached hydrogens (tertiary/aromatic N) is 2. The average Bonchev–Trinajstić information content (AvgIpc) is 3.13. The van der Waals surface area contributed by atoms with Crippen LogP contribution in [0.2, 0.25) is 10.0 Å². The first kappa shape index (κ1) is 18.7. The summed E-state index contributed by atoms with van der Waals surface area (Å²) >= 11 is 12.1. The van der Waals surface area contributed by atoms with E-state index in [1.54, 1.807) is 65.6 Å². The van der Waals surface area contributed by atoms with Crippen LogP contribution in [0, 0.1) is 5.82 Å². The van der Waals surface area contributed by atoms with Gasteiger partial charge in [-0.2, -0.15) is 0 Å². The van der Waals surface area contributed by atoms with E-state index >= 15 is 0 Å². The Morgan fingerprint density at radius 2 is 1.75 bits per heavy atom. The predicted octanol–water partition coefficient (Wildman–Crippen LogP) is 6.07. The number of halogens is 3. The number of rotatable bonds is 4. The third-order valence-electron chi connectivity index (χ3n) is 4.49. The van der Waals surface area contributed by atoms with Gasteiger partial charge in [-0.1, -0.05) is 35.3 Å². The highest BCUT2D eigenvalue weighted by Gasteiger charge is 2.23. The van der Waals surface area contributed by atoms with Gasteiger partial charge in [-0.05, 0) is 48.5 Å². The highest BCUT2D eigenvalue weighted by Crippen LogP contribution is 2.36. The zero-order valence-electron chi connectivity index (χ0n) is 14.6. The summed E-state index contributed by atoms with van der Waals surface area (Å²) in [6, 6.07) is 17.0. The Balaban J connectivity index is 1.94. The Bertz CT molecular complexity index is 1130. The second-order valence-electron chi connectivity index (χ2n) is 6.28. The van der Waals surface area contributed by atoms with E-state index in [1.807, 2.05) is 12.1 Å². The monoisotopic (exact) mass is 412 g/mol. The molecule has 0 radical (unpaired) electrons. The van der Waals surface area contributed by atoms with Gasteiger partial charge in [0.15, 0.2) is 0 Å². The molecule has 0 aliphatic carbocycles. The van der Waals surface area contributed by atoms with Gasteiger partial charge in [0.25, 0.3) is 0 Å². The van der Waals surface area contributed by atoms with E-state index in [0.717, 1.165) is 5.69 Å². The van der Waals surface area contributed by atoms with Crippen molar-refractivity contribution >= 4 is 23.2 Å². The van der Waals surface area contributed by atoms with Crippen LogP contribution in [-0.2, 0) is 0 Å². The summed E-state index contributed by atoms with van der Waals surface area (Å²) in [4.78, 5) is 4.08. The molecule has 0 amide bonds. The fraction of sp³-hybridized carbons (Fsp3) is 0.0455. The zero-order valence-corrected chi connectivity index (χ0v) is 16.1. The summed E-state index contributed by atoms with van der Waals surface area (Å²) in [7, 11) is 0. The normalized spacial score (nSPS) is 12.1. The third kappa shape index (κ3) is 3.54. The minimum absolute atomic E-state index is 0.310. The molecule has 0 aliphatic heterocycles. The van der Waals surface area contributed by atoms with Crippen molar-refractivity contribution in [3.63, 3.8) is 0 Å². The maximum atomic E-state index is 14.6. The number of hydrogen-bond acceptors (Lipinski definition) is 2. The molecular formula is C22H15Cl2FN2O. The van der Waals surface area contributed by atoms with Crippen molar-refractivity contribution in [2.45, 2.75) is 6.10 Å². The van der Waals surface area contributed by atoms with E-state index < -0.39 is 11.9 Å². The largest absolute Gasteiger partial charge is 0.382 e. The minimum Gasteiger partial charge on any atom is -0.382 e. The molecular weight excluding hydrogens is 398 g/mol. The number of aliphatic hydroxyl groups excluding tert-OH is 1. The lowest BCUT2D eigenvalue weighted by Crippen LogP contribution is -2.09. The van der Waals surface area contributed by atoms with Crippen molar-refractivity contribution < 1.29 is 9.50 Å². The lowest BCUT2D eigenvalue weighted by atomic mass is 9.99. The maximum Gasteiger partial charge on any atom is 0.132 e. The van der Waals surface area contributed by atoms with Crippen molar-refractivity contribution in [2.24, 2.45) is 0 Å². The molecule has 0 fully saturated rings. The summed E-state index contributed by atoms with van der Waals surface area (Å²) in [5.74, 6) is -0.462. The second-order valence-corrected chi connectivity index (χ2v) is 7.15. The Morgan fingerprint density at radius 3 is 2.46 bits per heavy atom. The van der Waals surface area contributed by atoms with Crippen LogP contribution in [-0.4, -0.2) is 14.7 Å². The molecule has 2 heterocycles. The van der Waals surface area contributed by atoms with E-state index in [1.165, 1.54) is 6.07 Å². The van der Waals surface area contributed by atoms with Gasteiger partial charge in [0, 0.05) is 51.0 Å². The maximum absolute atomic E-state index is 14.6. The third-order valence-corrected chi connectivity index (χ3v) is 4.96. The molecule has 0 saturated carbocycles. The first-order valence-corrected chi connectivity index (χ1v) is 9.31. The van der Waals surface area contributed by atoms with Crippen molar-refractivity contribution in [3.8, 4) is 16.8 Å². The molecule has 0 saturated heterocycles. The highest BCUT2D eigenvalue weighted by atomic mass is 35.5. The van der Waals surface area contributed by atoms with Gasteiger partial charge >= 0.3 is 0 Å². The highest BCUT2D eigenvalue weighted by molar-refractivity contribution is 6.31. The molecule has 0 spiro atoms. The SMILES string of the molecule is OC(c1cccnc1)c1c(-c2ccc(Cl)cc2F)ccn1-c1cccc(Cl)c1. The van der Waals surface area contributed by atoms with Crippen molar-refractivity contribution in [3.05, 3.63) is 106 Å². The van der Waals surface area contributed by atoms with E-state index in [2.05, 4.69) is 4.98 Å². The molecule has 2 aromatic heterocycles. The predicted molar refractivity (Wildman–Crippen MR) is 109 cm³/mol. The van der Waals surface area contributed by atoms with E-state index in [9.17, 15) is 9.50 Å². The fourth-order valence-corrected chi connectivity index (χ4v) is 3.55. The second kappa shape index (κ2) is 7.76. The van der Waals surface area contributed by atoms with Crippen LogP contribution >= 0.6 is 23.2 Å². The topological polar surface area (TPSA) is 38.1 Å². The quantitative estimate of drug-likeness (QED) is 0.441. The lowest BCUT2D eigenvalue weighted by molar-refractivity contribution is 0.213. The van der Waals surface area contributed by atoms with Gasteiger partial charge in [-0.3, -0.25) is 4.98 Å². The summed E-state index contributed by atoms with van der Waals surface area (Å²) in [5.41, 5.74) is 2.77. The number of benzene rings is 2. The van der Waals surface area contributed by atoms with Crippen LogP contribution in [0.1, 0.15) is 17.4 Å². The van der Waals surface area contributed by atoms with Crippen LogP contribution in [0.4, 0.5) is 4.39 Å². The van der Waals surface area contributed by atoms with E-state index in [-0.39, 0.29) is 0 Å². The van der Waals surface area contributed by atoms with Crippen molar-refractivity contribution in [2.75, 3.05) is 0 Å². The number of aliphatic hydroxyl groups is 1. The zero-order chi connectivity index (χ0) is 19.7. The molecule has 4 aromatic rings. The van der Waals surface area contributed by atoms with Gasteiger partial charge in [-0.15, -0.1) is 0 Å². The van der Waals surface area contributed by atoms with Crippen molar-refractivity contribution in [1.82, 2.24) is 9.55 Å². The molecule has 3 nitrogen and oxygen atoms in total. The molecule has 0 aliphatic rings. The standard InChI is InChI=1S/C22H15Cl2FN2O/c23-15-4-1-5-17(11-15)27-10-8-19(18-7-6-16(24)12-20(18)25)21(27)22(28)14-3-2-9-26-13-14/h1-13,22,28H. The molecule has 1 N–H and O–H groups in total. The summed E-state index contributed by atoms with van der Waals surface area (Å²) in [5, 5.41) is 12.0. The average molecular weight is 413 g/mol. The Labute approximate surface area is 171 Å². The molecule has 1 unspecified atom stereocenters. The van der Waals surface area contributed by atoms with Gasteiger partial charge in [0.05, 0.1) is 5.69 Å². The van der Waals surface area contributed by atoms with Crippen LogP contribution in [0.5, 0.6) is 0 Å². The Kier molecular flexibility index (Phi) is 5.18. The number of pyridine rings is 1. The first-order chi connectivity index (χ1) is 13.5. The minimum atomic E-state index is -1.02. The summed E-state index contributed by atoms with van der Waals surface area (Å²) in [6.07, 6.45) is 3.98. The van der Waals surface area contributed by atoms with Crippen LogP contribution in [0.3, 0.4) is 0 Å². The van der Waals surface area contributed by atoms with Crippen LogP contribution in [0.15, 0.2) is 79.3 Å². The van der Waals surface area contributed by atoms with Crippen molar-refractivity contribution in [1.29, 1.82) is 0 Å². The van der Waals surface area contributed by atoms with Crippen LogP contribution in [0.25, 0.3) is 16.8 Å². The molecule has 4 rings (SSSR count). The molecule has 140 valence electrons. The van der Waals surface area contributed by atoms with Gasteiger partial charge in [0.1, 0.15) is 11.9 Å². The summed E-state index contributed by atoms with van der Waals surface area (Å²) in [6.45, 7) is 0. The number of hydrogen-bond donors (Lipinski definition) is 1. The van der Waals surface area contributed by atoms with E-state index in [4.69, 9.17) is 23.2 Å². The molecule has 0 bridgehead atoms. The van der Waals surface area contributed by atoms with Gasteiger partial charge in [-0.25, -0.2) is 4.39 Å². The van der Waals surface area contributed by atoms with Gasteiger partial charge in [0.2, 0.25) is 0 Å². The fourth-order valence-electron chi connectivity index (χ4n) is 3.21. The van der Waals surface area contributed by atoms with Gasteiger partial charge < -0.3 is 9.67 Å². The smallest absolute Gasteiger partial charge is 0.132 e. The molecule has 2 aromatic carbocycles.